The minimum atomic E-state index is -0.381. The van der Waals surface area contributed by atoms with Gasteiger partial charge in [-0.2, -0.15) is 0 Å². The molecule has 191 valence electrons. The average molecular weight is 660 g/mol. The van der Waals surface area contributed by atoms with E-state index in [1.54, 1.807) is 6.92 Å². The SMILES string of the molecule is CC(C)CC(O)CC(C)O.Cc1ccc(-c2cnc(-c3[c-]cccc3)c(-c3ccccc3)n2)cc1.[Ir]. The van der Waals surface area contributed by atoms with Gasteiger partial charge in [-0.05, 0) is 38.2 Å². The van der Waals surface area contributed by atoms with Crippen molar-refractivity contribution in [2.24, 2.45) is 5.92 Å². The molecule has 36 heavy (non-hydrogen) atoms. The van der Waals surface area contributed by atoms with Crippen LogP contribution < -0.4 is 0 Å². The van der Waals surface area contributed by atoms with Gasteiger partial charge in [0.1, 0.15) is 0 Å². The molecule has 2 N–H and O–H groups in total. The van der Waals surface area contributed by atoms with Crippen LogP contribution in [0.25, 0.3) is 33.8 Å². The van der Waals surface area contributed by atoms with E-state index in [2.05, 4.69) is 63.2 Å². The summed E-state index contributed by atoms with van der Waals surface area (Å²) in [5.41, 5.74) is 6.90. The van der Waals surface area contributed by atoms with Gasteiger partial charge in [0, 0.05) is 37.6 Å². The molecule has 4 rings (SSSR count). The third kappa shape index (κ3) is 9.07. The van der Waals surface area contributed by atoms with E-state index >= 15 is 0 Å². The Balaban J connectivity index is 0.000000357. The fraction of sp³-hybridized carbons (Fsp3) is 0.290. The Kier molecular flexibility index (Phi) is 12.1. The summed E-state index contributed by atoms with van der Waals surface area (Å²) in [5, 5.41) is 18.1. The molecule has 2 unspecified atom stereocenters. The van der Waals surface area contributed by atoms with Gasteiger partial charge >= 0.3 is 0 Å². The second kappa shape index (κ2) is 14.8. The standard InChI is InChI=1S/C23H17N2.C8H18O2.Ir/c1-17-12-14-18(15-13-17)21-16-24-22(19-8-4-2-5-9-19)23(25-21)20-10-6-3-7-11-20;1-6(2)4-8(10)5-7(3)9;/h2-8,10-16H,1H3;6-10H,4-5H2,1-3H3;/q-1;;. The fourth-order valence-corrected chi connectivity index (χ4v) is 3.82. The largest absolute Gasteiger partial charge is 0.393 e. The van der Waals surface area contributed by atoms with Crippen molar-refractivity contribution in [3.05, 3.63) is 96.7 Å². The molecule has 1 heterocycles. The van der Waals surface area contributed by atoms with Crippen molar-refractivity contribution in [2.75, 3.05) is 0 Å². The quantitative estimate of drug-likeness (QED) is 0.216. The van der Waals surface area contributed by atoms with Crippen LogP contribution in [0.4, 0.5) is 0 Å². The topological polar surface area (TPSA) is 66.2 Å². The molecule has 2 atom stereocenters. The smallest absolute Gasteiger partial charge is 0.0873 e. The fourth-order valence-electron chi connectivity index (χ4n) is 3.82. The van der Waals surface area contributed by atoms with E-state index < -0.39 is 0 Å². The maximum atomic E-state index is 9.23. The number of nitrogens with zero attached hydrogens (tertiary/aromatic N) is 2. The van der Waals surface area contributed by atoms with Gasteiger partial charge in [0.2, 0.25) is 0 Å². The van der Waals surface area contributed by atoms with Gasteiger partial charge in [0.25, 0.3) is 0 Å². The van der Waals surface area contributed by atoms with E-state index in [0.717, 1.165) is 40.2 Å². The molecule has 3 aromatic carbocycles. The summed E-state index contributed by atoms with van der Waals surface area (Å²) in [4.78, 5) is 9.67. The first-order valence-electron chi connectivity index (χ1n) is 12.2. The Hall–Kier alpha value is -2.69. The molecule has 0 aliphatic rings. The van der Waals surface area contributed by atoms with Crippen molar-refractivity contribution in [3.8, 4) is 33.8 Å². The Morgan fingerprint density at radius 1 is 0.778 bits per heavy atom. The van der Waals surface area contributed by atoms with Gasteiger partial charge in [-0.1, -0.05) is 74.0 Å². The van der Waals surface area contributed by atoms with Crippen LogP contribution in [0.2, 0.25) is 0 Å². The van der Waals surface area contributed by atoms with Crippen LogP contribution in [-0.2, 0) is 20.1 Å². The Morgan fingerprint density at radius 3 is 2.03 bits per heavy atom. The predicted molar refractivity (Wildman–Crippen MR) is 144 cm³/mol. The van der Waals surface area contributed by atoms with Crippen molar-refractivity contribution >= 4 is 0 Å². The summed E-state index contributed by atoms with van der Waals surface area (Å²) in [6, 6.07) is 29.7. The molecule has 0 aliphatic carbocycles. The molecule has 0 aliphatic heterocycles. The van der Waals surface area contributed by atoms with E-state index in [1.807, 2.05) is 48.7 Å². The number of aryl methyl sites for hydroxylation is 1. The molecule has 0 bridgehead atoms. The molecule has 1 radical (unpaired) electrons. The van der Waals surface area contributed by atoms with E-state index in [4.69, 9.17) is 15.1 Å². The number of aliphatic hydroxyl groups is 2. The van der Waals surface area contributed by atoms with Gasteiger partial charge in [-0.25, -0.2) is 0 Å². The maximum absolute atomic E-state index is 9.23. The van der Waals surface area contributed by atoms with Gasteiger partial charge < -0.3 is 15.2 Å². The zero-order valence-electron chi connectivity index (χ0n) is 21.4. The normalized spacial score (nSPS) is 12.2. The van der Waals surface area contributed by atoms with Crippen molar-refractivity contribution in [2.45, 2.75) is 52.7 Å². The maximum Gasteiger partial charge on any atom is 0.0873 e. The number of aromatic nitrogens is 2. The van der Waals surface area contributed by atoms with Crippen molar-refractivity contribution in [1.29, 1.82) is 0 Å². The molecule has 1 aromatic heterocycles. The molecule has 4 nitrogen and oxygen atoms in total. The molecule has 0 saturated carbocycles. The Bertz CT molecular complexity index is 1150. The molecule has 0 amide bonds. The van der Waals surface area contributed by atoms with E-state index in [1.165, 1.54) is 5.56 Å². The van der Waals surface area contributed by atoms with Crippen LogP contribution in [0.1, 0.15) is 39.2 Å². The summed E-state index contributed by atoms with van der Waals surface area (Å²) in [6.07, 6.45) is 2.41. The third-order valence-electron chi connectivity index (χ3n) is 5.49. The number of rotatable bonds is 7. The van der Waals surface area contributed by atoms with Gasteiger partial charge in [0.05, 0.1) is 23.6 Å². The number of hydrogen-bond donors (Lipinski definition) is 2. The number of aliphatic hydroxyl groups excluding tert-OH is 2. The first-order chi connectivity index (χ1) is 16.8. The Morgan fingerprint density at radius 2 is 1.44 bits per heavy atom. The Labute approximate surface area is 228 Å². The van der Waals surface area contributed by atoms with E-state index in [9.17, 15) is 5.11 Å². The van der Waals surface area contributed by atoms with Gasteiger partial charge in [-0.15, -0.1) is 35.9 Å². The summed E-state index contributed by atoms with van der Waals surface area (Å²) in [6.45, 7) is 7.90. The van der Waals surface area contributed by atoms with Crippen LogP contribution >= 0.6 is 0 Å². The molecule has 0 spiro atoms. The van der Waals surface area contributed by atoms with Gasteiger partial charge in [-0.3, -0.25) is 4.98 Å². The van der Waals surface area contributed by atoms with Gasteiger partial charge in [0.15, 0.2) is 0 Å². The summed E-state index contributed by atoms with van der Waals surface area (Å²) >= 11 is 0. The van der Waals surface area contributed by atoms with E-state index in [0.29, 0.717) is 12.3 Å². The first kappa shape index (κ1) is 29.5. The molecular weight excluding hydrogens is 625 g/mol. The molecular formula is C31H35IrN2O2-. The summed E-state index contributed by atoms with van der Waals surface area (Å²) in [5.74, 6) is 0.508. The van der Waals surface area contributed by atoms with Crippen LogP contribution in [-0.4, -0.2) is 32.4 Å². The van der Waals surface area contributed by atoms with Crippen LogP contribution in [0.3, 0.4) is 0 Å². The predicted octanol–water partition coefficient (Wildman–Crippen LogP) is 6.75. The zero-order valence-corrected chi connectivity index (χ0v) is 23.7. The second-order valence-electron chi connectivity index (χ2n) is 9.33. The van der Waals surface area contributed by atoms with Crippen molar-refractivity contribution in [3.63, 3.8) is 0 Å². The average Bonchev–Trinajstić information content (AvgIpc) is 2.85. The minimum Gasteiger partial charge on any atom is -0.393 e. The third-order valence-corrected chi connectivity index (χ3v) is 5.49. The van der Waals surface area contributed by atoms with Crippen LogP contribution in [0, 0.1) is 18.9 Å². The minimum absolute atomic E-state index is 0. The van der Waals surface area contributed by atoms with Crippen molar-refractivity contribution < 1.29 is 30.3 Å². The summed E-state index contributed by atoms with van der Waals surface area (Å²) in [7, 11) is 0. The molecule has 0 saturated heterocycles. The molecule has 4 aromatic rings. The van der Waals surface area contributed by atoms with Crippen molar-refractivity contribution in [1.82, 2.24) is 9.97 Å². The van der Waals surface area contributed by atoms with Crippen LogP contribution in [0.5, 0.6) is 0 Å². The number of benzene rings is 3. The summed E-state index contributed by atoms with van der Waals surface area (Å²) < 4.78 is 0. The molecule has 5 heteroatoms. The second-order valence-corrected chi connectivity index (χ2v) is 9.33. The monoisotopic (exact) mass is 660 g/mol. The first-order valence-corrected chi connectivity index (χ1v) is 12.2. The van der Waals surface area contributed by atoms with Crippen LogP contribution in [0.15, 0.2) is 85.1 Å². The number of hydrogen-bond acceptors (Lipinski definition) is 4. The zero-order chi connectivity index (χ0) is 25.2. The van der Waals surface area contributed by atoms with E-state index in [-0.39, 0.29) is 32.3 Å². The molecule has 0 fully saturated rings.